The molecule has 0 aliphatic carbocycles. The van der Waals surface area contributed by atoms with Crippen LogP contribution in [0, 0.1) is 6.92 Å². The van der Waals surface area contributed by atoms with Crippen LogP contribution in [0.1, 0.15) is 16.8 Å². The molecule has 0 unspecified atom stereocenters. The third-order valence-corrected chi connectivity index (χ3v) is 3.15. The Balaban J connectivity index is 2.01. The second-order valence-corrected chi connectivity index (χ2v) is 4.70. The van der Waals surface area contributed by atoms with Crippen molar-refractivity contribution in [3.8, 4) is 5.75 Å². The molecule has 2 aromatic carbocycles. The number of rotatable bonds is 2. The molecule has 3 aromatic rings. The molecule has 90 valence electrons. The molecule has 0 saturated heterocycles. The first-order chi connectivity index (χ1) is 8.72. The summed E-state index contributed by atoms with van der Waals surface area (Å²) >= 11 is 0. The minimum atomic E-state index is 0.348. The molecule has 0 saturated carbocycles. The number of phenolic OH excluding ortho intramolecular Hbond substituents is 1. The fraction of sp³-hybridized carbons (Fsp3) is 0.125. The number of aromatic amines is 1. The SMILES string of the molecule is Cc1cc(O)c2cc(Cc3ccccc3)[nH]c2c1. The Kier molecular flexibility index (Phi) is 2.56. The lowest BCUT2D eigenvalue weighted by Gasteiger charge is -1.97. The van der Waals surface area contributed by atoms with Gasteiger partial charge in [-0.3, -0.25) is 0 Å². The summed E-state index contributed by atoms with van der Waals surface area (Å²) < 4.78 is 0. The molecule has 0 spiro atoms. The van der Waals surface area contributed by atoms with Crippen LogP contribution in [0.4, 0.5) is 0 Å². The van der Waals surface area contributed by atoms with Crippen molar-refractivity contribution in [2.45, 2.75) is 13.3 Å². The Hall–Kier alpha value is -2.22. The average molecular weight is 237 g/mol. The second-order valence-electron chi connectivity index (χ2n) is 4.70. The zero-order valence-electron chi connectivity index (χ0n) is 10.3. The van der Waals surface area contributed by atoms with Gasteiger partial charge in [-0.15, -0.1) is 0 Å². The summed E-state index contributed by atoms with van der Waals surface area (Å²) in [6, 6.07) is 16.2. The smallest absolute Gasteiger partial charge is 0.125 e. The lowest BCUT2D eigenvalue weighted by Crippen LogP contribution is -1.86. The molecule has 1 heterocycles. The summed E-state index contributed by atoms with van der Waals surface area (Å²) in [6.45, 7) is 1.98. The van der Waals surface area contributed by atoms with Crippen molar-refractivity contribution in [3.05, 3.63) is 65.4 Å². The van der Waals surface area contributed by atoms with Crippen molar-refractivity contribution < 1.29 is 5.11 Å². The van der Waals surface area contributed by atoms with Crippen LogP contribution in [-0.4, -0.2) is 10.1 Å². The molecule has 0 atom stereocenters. The molecule has 2 N–H and O–H groups in total. The van der Waals surface area contributed by atoms with Crippen LogP contribution in [0.2, 0.25) is 0 Å². The van der Waals surface area contributed by atoms with Gasteiger partial charge in [0.25, 0.3) is 0 Å². The summed E-state index contributed by atoms with van der Waals surface area (Å²) in [5, 5.41) is 10.8. The topological polar surface area (TPSA) is 36.0 Å². The van der Waals surface area contributed by atoms with Crippen molar-refractivity contribution in [2.24, 2.45) is 0 Å². The van der Waals surface area contributed by atoms with E-state index in [1.54, 1.807) is 6.07 Å². The molecule has 1 aromatic heterocycles. The fourth-order valence-corrected chi connectivity index (χ4v) is 2.33. The molecule has 2 heteroatoms. The molecule has 0 fully saturated rings. The number of nitrogens with one attached hydrogen (secondary N) is 1. The van der Waals surface area contributed by atoms with E-state index in [1.807, 2.05) is 31.2 Å². The minimum absolute atomic E-state index is 0.348. The first kappa shape index (κ1) is 10.9. The third kappa shape index (κ3) is 1.97. The molecular weight excluding hydrogens is 222 g/mol. The van der Waals surface area contributed by atoms with Gasteiger partial charge in [-0.05, 0) is 36.2 Å². The van der Waals surface area contributed by atoms with Crippen molar-refractivity contribution in [3.63, 3.8) is 0 Å². The highest BCUT2D eigenvalue weighted by atomic mass is 16.3. The predicted molar refractivity (Wildman–Crippen MR) is 73.9 cm³/mol. The number of H-pyrrole nitrogens is 1. The molecule has 0 amide bonds. The highest BCUT2D eigenvalue weighted by Crippen LogP contribution is 2.27. The number of hydrogen-bond acceptors (Lipinski definition) is 1. The van der Waals surface area contributed by atoms with E-state index < -0.39 is 0 Å². The molecule has 0 aliphatic heterocycles. The lowest BCUT2D eigenvalue weighted by atomic mass is 10.1. The van der Waals surface area contributed by atoms with Crippen LogP contribution in [0.3, 0.4) is 0 Å². The maximum atomic E-state index is 9.91. The second kappa shape index (κ2) is 4.22. The Labute approximate surface area is 106 Å². The lowest BCUT2D eigenvalue weighted by molar-refractivity contribution is 0.481. The van der Waals surface area contributed by atoms with E-state index in [2.05, 4.69) is 23.2 Å². The van der Waals surface area contributed by atoms with Crippen LogP contribution in [0.25, 0.3) is 10.9 Å². The number of phenols is 1. The first-order valence-corrected chi connectivity index (χ1v) is 6.07. The zero-order chi connectivity index (χ0) is 12.5. The van der Waals surface area contributed by atoms with Crippen LogP contribution in [-0.2, 0) is 6.42 Å². The summed E-state index contributed by atoms with van der Waals surface area (Å²) in [6.07, 6.45) is 0.855. The Bertz CT molecular complexity index is 683. The average Bonchev–Trinajstić information content (AvgIpc) is 2.73. The standard InChI is InChI=1S/C16H15NO/c1-11-7-15-14(16(18)8-11)10-13(17-15)9-12-5-3-2-4-6-12/h2-8,10,17-18H,9H2,1H3. The van der Waals surface area contributed by atoms with Gasteiger partial charge in [0.2, 0.25) is 0 Å². The number of benzene rings is 2. The normalized spacial score (nSPS) is 10.9. The van der Waals surface area contributed by atoms with E-state index in [0.717, 1.165) is 28.6 Å². The first-order valence-electron chi connectivity index (χ1n) is 6.07. The molecule has 0 radical (unpaired) electrons. The summed E-state index contributed by atoms with van der Waals surface area (Å²) in [5.74, 6) is 0.348. The van der Waals surface area contributed by atoms with E-state index in [-0.39, 0.29) is 0 Å². The van der Waals surface area contributed by atoms with Gasteiger partial charge in [-0.25, -0.2) is 0 Å². The minimum Gasteiger partial charge on any atom is -0.507 e. The zero-order valence-corrected chi connectivity index (χ0v) is 10.3. The molecular formula is C16H15NO. The Morgan fingerprint density at radius 1 is 1.06 bits per heavy atom. The van der Waals surface area contributed by atoms with Crippen LogP contribution < -0.4 is 0 Å². The van der Waals surface area contributed by atoms with E-state index in [4.69, 9.17) is 0 Å². The number of aromatic hydroxyl groups is 1. The molecule has 0 aliphatic rings. The van der Waals surface area contributed by atoms with E-state index in [9.17, 15) is 5.11 Å². The Morgan fingerprint density at radius 2 is 1.83 bits per heavy atom. The third-order valence-electron chi connectivity index (χ3n) is 3.15. The number of aryl methyl sites for hydroxylation is 1. The summed E-state index contributed by atoms with van der Waals surface area (Å²) in [4.78, 5) is 3.37. The number of hydrogen-bond donors (Lipinski definition) is 2. The molecule has 3 rings (SSSR count). The predicted octanol–water partition coefficient (Wildman–Crippen LogP) is 3.77. The van der Waals surface area contributed by atoms with Gasteiger partial charge in [-0.2, -0.15) is 0 Å². The van der Waals surface area contributed by atoms with Crippen LogP contribution in [0.15, 0.2) is 48.5 Å². The van der Waals surface area contributed by atoms with Gasteiger partial charge in [0, 0.05) is 23.0 Å². The fourth-order valence-electron chi connectivity index (χ4n) is 2.33. The van der Waals surface area contributed by atoms with E-state index >= 15 is 0 Å². The largest absolute Gasteiger partial charge is 0.507 e. The number of aromatic nitrogens is 1. The maximum absolute atomic E-state index is 9.91. The molecule has 2 nitrogen and oxygen atoms in total. The van der Waals surface area contributed by atoms with Gasteiger partial charge in [-0.1, -0.05) is 30.3 Å². The van der Waals surface area contributed by atoms with Gasteiger partial charge in [0.15, 0.2) is 0 Å². The van der Waals surface area contributed by atoms with Crippen molar-refractivity contribution in [1.82, 2.24) is 4.98 Å². The van der Waals surface area contributed by atoms with E-state index in [0.29, 0.717) is 5.75 Å². The highest BCUT2D eigenvalue weighted by Gasteiger charge is 2.06. The molecule has 0 bridgehead atoms. The monoisotopic (exact) mass is 237 g/mol. The van der Waals surface area contributed by atoms with Crippen molar-refractivity contribution in [1.29, 1.82) is 0 Å². The molecule has 18 heavy (non-hydrogen) atoms. The van der Waals surface area contributed by atoms with Crippen LogP contribution >= 0.6 is 0 Å². The highest BCUT2D eigenvalue weighted by molar-refractivity contribution is 5.87. The van der Waals surface area contributed by atoms with Crippen molar-refractivity contribution >= 4 is 10.9 Å². The maximum Gasteiger partial charge on any atom is 0.125 e. The van der Waals surface area contributed by atoms with E-state index in [1.165, 1.54) is 5.56 Å². The van der Waals surface area contributed by atoms with Gasteiger partial charge < -0.3 is 10.1 Å². The van der Waals surface area contributed by atoms with Gasteiger partial charge >= 0.3 is 0 Å². The number of fused-ring (bicyclic) bond motifs is 1. The Morgan fingerprint density at radius 3 is 2.61 bits per heavy atom. The van der Waals surface area contributed by atoms with Crippen molar-refractivity contribution in [2.75, 3.05) is 0 Å². The summed E-state index contributed by atoms with van der Waals surface area (Å²) in [7, 11) is 0. The summed E-state index contributed by atoms with van der Waals surface area (Å²) in [5.41, 5.74) is 4.45. The quantitative estimate of drug-likeness (QED) is 0.699. The van der Waals surface area contributed by atoms with Gasteiger partial charge in [0.05, 0.1) is 0 Å². The van der Waals surface area contributed by atoms with Gasteiger partial charge in [0.1, 0.15) is 5.75 Å². The van der Waals surface area contributed by atoms with Crippen LogP contribution in [0.5, 0.6) is 5.75 Å².